The summed E-state index contributed by atoms with van der Waals surface area (Å²) in [4.78, 5) is 0. The van der Waals surface area contributed by atoms with Gasteiger partial charge in [0.15, 0.2) is 5.82 Å². The van der Waals surface area contributed by atoms with E-state index in [1.165, 1.54) is 23.6 Å². The van der Waals surface area contributed by atoms with Gasteiger partial charge in [-0.3, -0.25) is 0 Å². The molecule has 0 atom stereocenters. The molecule has 1 aliphatic carbocycles. The second-order valence-corrected chi connectivity index (χ2v) is 5.16. The standard InChI is InChI=1S/C13H15F2N5/c14-10-7-11(15)12(16)6-9(10)13-17-18-19-20(13)5-1-2-8-3-4-8/h6-8H,1-5,16H2. The minimum absolute atomic E-state index is 0.117. The van der Waals surface area contributed by atoms with Crippen molar-refractivity contribution in [2.45, 2.75) is 32.2 Å². The highest BCUT2D eigenvalue weighted by molar-refractivity contribution is 5.62. The Morgan fingerprint density at radius 3 is 2.80 bits per heavy atom. The lowest BCUT2D eigenvalue weighted by Crippen LogP contribution is -2.05. The van der Waals surface area contributed by atoms with E-state index in [4.69, 9.17) is 5.73 Å². The number of anilines is 1. The first kappa shape index (κ1) is 13.0. The lowest BCUT2D eigenvalue weighted by atomic mass is 10.1. The molecule has 0 saturated heterocycles. The van der Waals surface area contributed by atoms with E-state index in [0.29, 0.717) is 6.54 Å². The molecule has 0 unspecified atom stereocenters. The minimum Gasteiger partial charge on any atom is -0.396 e. The van der Waals surface area contributed by atoms with Crippen LogP contribution in [0.2, 0.25) is 0 Å². The van der Waals surface area contributed by atoms with Crippen molar-refractivity contribution < 1.29 is 8.78 Å². The van der Waals surface area contributed by atoms with Gasteiger partial charge in [-0.15, -0.1) is 5.10 Å². The van der Waals surface area contributed by atoms with Crippen LogP contribution in [-0.2, 0) is 6.54 Å². The third kappa shape index (κ3) is 2.61. The molecule has 1 aromatic carbocycles. The van der Waals surface area contributed by atoms with E-state index in [2.05, 4.69) is 15.5 Å². The maximum Gasteiger partial charge on any atom is 0.185 e. The van der Waals surface area contributed by atoms with Crippen molar-refractivity contribution in [1.82, 2.24) is 20.2 Å². The van der Waals surface area contributed by atoms with Crippen molar-refractivity contribution in [2.75, 3.05) is 5.73 Å². The predicted octanol–water partition coefficient (Wildman–Crippen LogP) is 2.39. The quantitative estimate of drug-likeness (QED) is 0.853. The van der Waals surface area contributed by atoms with Gasteiger partial charge in [0.25, 0.3) is 0 Å². The van der Waals surface area contributed by atoms with Gasteiger partial charge >= 0.3 is 0 Å². The molecule has 106 valence electrons. The number of nitrogens with zero attached hydrogens (tertiary/aromatic N) is 4. The molecule has 0 spiro atoms. The summed E-state index contributed by atoms with van der Waals surface area (Å²) in [6.45, 7) is 0.621. The Labute approximate surface area is 114 Å². The van der Waals surface area contributed by atoms with E-state index < -0.39 is 11.6 Å². The van der Waals surface area contributed by atoms with Gasteiger partial charge in [-0.05, 0) is 35.3 Å². The molecule has 2 N–H and O–H groups in total. The van der Waals surface area contributed by atoms with Crippen molar-refractivity contribution in [1.29, 1.82) is 0 Å². The molecule has 1 fully saturated rings. The number of halogens is 2. The smallest absolute Gasteiger partial charge is 0.185 e. The molecule has 0 radical (unpaired) electrons. The topological polar surface area (TPSA) is 69.6 Å². The summed E-state index contributed by atoms with van der Waals surface area (Å²) in [5, 5.41) is 11.2. The minimum atomic E-state index is -0.779. The SMILES string of the molecule is Nc1cc(-c2nnnn2CCCC2CC2)c(F)cc1F. The molecule has 7 heteroatoms. The van der Waals surface area contributed by atoms with Gasteiger partial charge in [0.1, 0.15) is 11.6 Å². The van der Waals surface area contributed by atoms with Gasteiger partial charge in [0.05, 0.1) is 11.3 Å². The van der Waals surface area contributed by atoms with Crippen LogP contribution in [0.4, 0.5) is 14.5 Å². The third-order valence-electron chi connectivity index (χ3n) is 3.54. The number of rotatable bonds is 5. The molecule has 3 rings (SSSR count). The maximum absolute atomic E-state index is 13.8. The Hall–Kier alpha value is -2.05. The zero-order valence-electron chi connectivity index (χ0n) is 10.9. The molecule has 0 bridgehead atoms. The highest BCUT2D eigenvalue weighted by Gasteiger charge is 2.21. The Balaban J connectivity index is 1.82. The number of benzene rings is 1. The molecule has 1 aliphatic rings. The molecule has 1 aromatic heterocycles. The number of nitrogens with two attached hydrogens (primary N) is 1. The number of aromatic nitrogens is 4. The van der Waals surface area contributed by atoms with Gasteiger partial charge < -0.3 is 5.73 Å². The largest absolute Gasteiger partial charge is 0.396 e. The maximum atomic E-state index is 13.8. The second kappa shape index (κ2) is 5.15. The molecule has 20 heavy (non-hydrogen) atoms. The highest BCUT2D eigenvalue weighted by Crippen LogP contribution is 2.33. The summed E-state index contributed by atoms with van der Waals surface area (Å²) in [5.74, 6) is -0.382. The van der Waals surface area contributed by atoms with Gasteiger partial charge in [-0.25, -0.2) is 13.5 Å². The molecular formula is C13H15F2N5. The van der Waals surface area contributed by atoms with E-state index in [9.17, 15) is 8.78 Å². The zero-order chi connectivity index (χ0) is 14.1. The molecule has 1 heterocycles. The van der Waals surface area contributed by atoms with E-state index >= 15 is 0 Å². The van der Waals surface area contributed by atoms with Gasteiger partial charge in [-0.1, -0.05) is 12.8 Å². The number of hydrogen-bond donors (Lipinski definition) is 1. The summed E-state index contributed by atoms with van der Waals surface area (Å²) >= 11 is 0. The summed E-state index contributed by atoms with van der Waals surface area (Å²) < 4.78 is 28.5. The van der Waals surface area contributed by atoms with E-state index in [1.807, 2.05) is 0 Å². The fourth-order valence-corrected chi connectivity index (χ4v) is 2.22. The summed E-state index contributed by atoms with van der Waals surface area (Å²) in [7, 11) is 0. The zero-order valence-corrected chi connectivity index (χ0v) is 10.9. The fraction of sp³-hybridized carbons (Fsp3) is 0.462. The number of hydrogen-bond acceptors (Lipinski definition) is 4. The molecule has 0 amide bonds. The number of aryl methyl sites for hydroxylation is 1. The Kier molecular flexibility index (Phi) is 3.33. The van der Waals surface area contributed by atoms with Crippen LogP contribution in [0.1, 0.15) is 25.7 Å². The van der Waals surface area contributed by atoms with Crippen LogP contribution in [0.3, 0.4) is 0 Å². The van der Waals surface area contributed by atoms with Gasteiger partial charge in [0.2, 0.25) is 0 Å². The van der Waals surface area contributed by atoms with Crippen molar-refractivity contribution >= 4 is 5.69 Å². The van der Waals surface area contributed by atoms with Crippen LogP contribution in [0, 0.1) is 17.6 Å². The molecule has 5 nitrogen and oxygen atoms in total. The van der Waals surface area contributed by atoms with Crippen LogP contribution >= 0.6 is 0 Å². The number of tetrazole rings is 1. The van der Waals surface area contributed by atoms with E-state index in [0.717, 1.165) is 24.8 Å². The monoisotopic (exact) mass is 279 g/mol. The normalized spacial score (nSPS) is 14.7. The highest BCUT2D eigenvalue weighted by atomic mass is 19.1. The molecular weight excluding hydrogens is 264 g/mol. The van der Waals surface area contributed by atoms with Crippen molar-refractivity contribution in [3.05, 3.63) is 23.8 Å². The number of nitrogen functional groups attached to an aromatic ring is 1. The first-order chi connectivity index (χ1) is 9.65. The first-order valence-electron chi connectivity index (χ1n) is 6.66. The lowest BCUT2D eigenvalue weighted by molar-refractivity contribution is 0.524. The average molecular weight is 279 g/mol. The summed E-state index contributed by atoms with van der Waals surface area (Å²) in [6.07, 6.45) is 4.67. The van der Waals surface area contributed by atoms with Crippen molar-refractivity contribution in [3.63, 3.8) is 0 Å². The van der Waals surface area contributed by atoms with E-state index in [1.54, 1.807) is 0 Å². The van der Waals surface area contributed by atoms with Crippen molar-refractivity contribution in [3.8, 4) is 11.4 Å². The van der Waals surface area contributed by atoms with Gasteiger partial charge in [0, 0.05) is 12.6 Å². The van der Waals surface area contributed by atoms with Gasteiger partial charge in [-0.2, -0.15) is 0 Å². The fourth-order valence-electron chi connectivity index (χ4n) is 2.22. The molecule has 0 aliphatic heterocycles. The Morgan fingerprint density at radius 1 is 1.25 bits per heavy atom. The second-order valence-electron chi connectivity index (χ2n) is 5.16. The molecule has 2 aromatic rings. The average Bonchev–Trinajstić information content (AvgIpc) is 3.12. The van der Waals surface area contributed by atoms with Crippen molar-refractivity contribution in [2.24, 2.45) is 5.92 Å². The van der Waals surface area contributed by atoms with Crippen LogP contribution in [0.5, 0.6) is 0 Å². The third-order valence-corrected chi connectivity index (χ3v) is 3.54. The first-order valence-corrected chi connectivity index (χ1v) is 6.66. The molecule has 1 saturated carbocycles. The van der Waals surface area contributed by atoms with Crippen LogP contribution in [-0.4, -0.2) is 20.2 Å². The summed E-state index contributed by atoms with van der Waals surface area (Å²) in [6, 6.07) is 1.99. The van der Waals surface area contributed by atoms with E-state index in [-0.39, 0.29) is 17.1 Å². The Bertz CT molecular complexity index is 621. The summed E-state index contributed by atoms with van der Waals surface area (Å²) in [5.41, 5.74) is 5.48. The van der Waals surface area contributed by atoms with Crippen LogP contribution in [0.15, 0.2) is 12.1 Å². The van der Waals surface area contributed by atoms with Crippen LogP contribution in [0.25, 0.3) is 11.4 Å². The van der Waals surface area contributed by atoms with Crippen LogP contribution < -0.4 is 5.73 Å². The lowest BCUT2D eigenvalue weighted by Gasteiger charge is -2.06. The Morgan fingerprint density at radius 2 is 2.05 bits per heavy atom. The predicted molar refractivity (Wildman–Crippen MR) is 69.5 cm³/mol.